The smallest absolute Gasteiger partial charge is 0.316 e. The molecule has 4 N–H and O–H groups in total. The van der Waals surface area contributed by atoms with Gasteiger partial charge in [-0.25, -0.2) is 4.79 Å². The Bertz CT molecular complexity index is 796. The van der Waals surface area contributed by atoms with Crippen molar-refractivity contribution < 1.29 is 23.8 Å². The van der Waals surface area contributed by atoms with E-state index in [4.69, 9.17) is 19.9 Å². The van der Waals surface area contributed by atoms with E-state index in [9.17, 15) is 9.59 Å². The minimum atomic E-state index is -0.618. The molecule has 2 aromatic rings. The molecule has 2 aromatic carbocycles. The molecular formula is C20H25N3O5. The van der Waals surface area contributed by atoms with Gasteiger partial charge in [0.05, 0.1) is 21.3 Å². The second kappa shape index (κ2) is 10.1. The van der Waals surface area contributed by atoms with E-state index in [1.165, 1.54) is 0 Å². The zero-order valence-corrected chi connectivity index (χ0v) is 16.2. The number of aryl methyl sites for hydroxylation is 1. The third-order valence-electron chi connectivity index (χ3n) is 4.08. The summed E-state index contributed by atoms with van der Waals surface area (Å²) < 4.78 is 15.9. The quantitative estimate of drug-likeness (QED) is 0.612. The summed E-state index contributed by atoms with van der Waals surface area (Å²) in [4.78, 5) is 23.0. The van der Waals surface area contributed by atoms with Gasteiger partial charge in [-0.1, -0.05) is 12.1 Å². The van der Waals surface area contributed by atoms with E-state index in [0.717, 1.165) is 11.1 Å². The predicted molar refractivity (Wildman–Crippen MR) is 106 cm³/mol. The molecule has 0 atom stereocenters. The minimum absolute atomic E-state index is 0.0758. The zero-order chi connectivity index (χ0) is 20.5. The number of hydrogen-bond acceptors (Lipinski definition) is 5. The lowest BCUT2D eigenvalue weighted by molar-refractivity contribution is -0.121. The summed E-state index contributed by atoms with van der Waals surface area (Å²) in [6.45, 7) is 0.394. The fourth-order valence-electron chi connectivity index (χ4n) is 2.67. The van der Waals surface area contributed by atoms with Crippen molar-refractivity contribution in [3.63, 3.8) is 0 Å². The molecule has 0 aliphatic heterocycles. The molecule has 8 heteroatoms. The van der Waals surface area contributed by atoms with Gasteiger partial charge in [0.25, 0.3) is 0 Å². The summed E-state index contributed by atoms with van der Waals surface area (Å²) in [5.41, 5.74) is 7.49. The Balaban J connectivity index is 1.89. The summed E-state index contributed by atoms with van der Waals surface area (Å²) in [6.07, 6.45) is 0.851. The van der Waals surface area contributed by atoms with E-state index in [2.05, 4.69) is 10.6 Å². The number of nitrogens with two attached hydrogens (primary N) is 1. The number of hydrogen-bond donors (Lipinski definition) is 3. The standard InChI is InChI=1S/C20H25N3O5/c1-26-16-10-14(11-17(27-2)19(16)28-3)6-9-18(24)22-12-13-4-7-15(8-5-13)23-20(21)25/h4-5,7-8,10-11H,6,9,12H2,1-3H3,(H,22,24)(H3,21,23,25). The number of primary amides is 1. The van der Waals surface area contributed by atoms with Crippen molar-refractivity contribution in [1.82, 2.24) is 5.32 Å². The van der Waals surface area contributed by atoms with E-state index in [-0.39, 0.29) is 5.91 Å². The number of carbonyl (C=O) groups excluding carboxylic acids is 2. The molecule has 0 saturated carbocycles. The van der Waals surface area contributed by atoms with Gasteiger partial charge in [0, 0.05) is 18.7 Å². The Morgan fingerprint density at radius 1 is 0.929 bits per heavy atom. The first-order valence-electron chi connectivity index (χ1n) is 8.67. The summed E-state index contributed by atoms with van der Waals surface area (Å²) >= 11 is 0. The van der Waals surface area contributed by atoms with Gasteiger partial charge < -0.3 is 30.6 Å². The van der Waals surface area contributed by atoms with E-state index < -0.39 is 6.03 Å². The van der Waals surface area contributed by atoms with Crippen molar-refractivity contribution in [1.29, 1.82) is 0 Å². The third kappa shape index (κ3) is 5.80. The highest BCUT2D eigenvalue weighted by Crippen LogP contribution is 2.38. The largest absolute Gasteiger partial charge is 0.493 e. The second-order valence-corrected chi connectivity index (χ2v) is 6.00. The van der Waals surface area contributed by atoms with Crippen molar-refractivity contribution >= 4 is 17.6 Å². The number of rotatable bonds is 9. The molecule has 0 aliphatic carbocycles. The average Bonchev–Trinajstić information content (AvgIpc) is 2.70. The van der Waals surface area contributed by atoms with Crippen LogP contribution in [0.2, 0.25) is 0 Å². The van der Waals surface area contributed by atoms with Crippen molar-refractivity contribution in [3.05, 3.63) is 47.5 Å². The number of amides is 3. The van der Waals surface area contributed by atoms with Gasteiger partial charge in [0.2, 0.25) is 11.7 Å². The minimum Gasteiger partial charge on any atom is -0.493 e. The first-order chi connectivity index (χ1) is 13.5. The Morgan fingerprint density at radius 3 is 2.04 bits per heavy atom. The zero-order valence-electron chi connectivity index (χ0n) is 16.2. The van der Waals surface area contributed by atoms with E-state index >= 15 is 0 Å². The summed E-state index contributed by atoms with van der Waals surface area (Å²) in [5.74, 6) is 1.56. The maximum absolute atomic E-state index is 12.2. The Morgan fingerprint density at radius 2 is 1.54 bits per heavy atom. The molecule has 0 bridgehead atoms. The van der Waals surface area contributed by atoms with Gasteiger partial charge in [-0.2, -0.15) is 0 Å². The highest BCUT2D eigenvalue weighted by Gasteiger charge is 2.13. The van der Waals surface area contributed by atoms with Crippen LogP contribution in [0.15, 0.2) is 36.4 Å². The van der Waals surface area contributed by atoms with Crippen molar-refractivity contribution in [2.75, 3.05) is 26.6 Å². The fourth-order valence-corrected chi connectivity index (χ4v) is 2.67. The first kappa shape index (κ1) is 20.9. The molecule has 0 aromatic heterocycles. The topological polar surface area (TPSA) is 112 Å². The van der Waals surface area contributed by atoms with E-state index in [1.807, 2.05) is 24.3 Å². The lowest BCUT2D eigenvalue weighted by Gasteiger charge is -2.14. The fraction of sp³-hybridized carbons (Fsp3) is 0.300. The van der Waals surface area contributed by atoms with Crippen molar-refractivity contribution in [2.24, 2.45) is 5.73 Å². The van der Waals surface area contributed by atoms with Gasteiger partial charge >= 0.3 is 6.03 Å². The lowest BCUT2D eigenvalue weighted by Crippen LogP contribution is -2.23. The molecule has 0 aliphatic rings. The second-order valence-electron chi connectivity index (χ2n) is 6.00. The van der Waals surface area contributed by atoms with Crippen LogP contribution in [0.4, 0.5) is 10.5 Å². The third-order valence-corrected chi connectivity index (χ3v) is 4.08. The molecule has 3 amide bonds. The van der Waals surface area contributed by atoms with Crippen LogP contribution in [-0.4, -0.2) is 33.3 Å². The number of ether oxygens (including phenoxy) is 3. The molecule has 0 radical (unpaired) electrons. The van der Waals surface area contributed by atoms with Gasteiger partial charge in [0.1, 0.15) is 0 Å². The molecule has 0 saturated heterocycles. The predicted octanol–water partition coefficient (Wildman–Crippen LogP) is 2.45. The van der Waals surface area contributed by atoms with E-state index in [1.54, 1.807) is 33.5 Å². The average molecular weight is 387 g/mol. The van der Waals surface area contributed by atoms with Crippen molar-refractivity contribution in [3.8, 4) is 17.2 Å². The first-order valence-corrected chi connectivity index (χ1v) is 8.67. The molecule has 8 nitrogen and oxygen atoms in total. The van der Waals surface area contributed by atoms with Crippen LogP contribution in [0.1, 0.15) is 17.5 Å². The highest BCUT2D eigenvalue weighted by atomic mass is 16.5. The number of carbonyl (C=O) groups is 2. The lowest BCUT2D eigenvalue weighted by atomic mass is 10.1. The Labute approximate surface area is 164 Å². The maximum atomic E-state index is 12.2. The number of nitrogens with one attached hydrogen (secondary N) is 2. The maximum Gasteiger partial charge on any atom is 0.316 e. The Hall–Kier alpha value is -3.42. The van der Waals surface area contributed by atoms with Crippen LogP contribution in [0.5, 0.6) is 17.2 Å². The van der Waals surface area contributed by atoms with Crippen LogP contribution in [0.3, 0.4) is 0 Å². The summed E-state index contributed by atoms with van der Waals surface area (Å²) in [5, 5.41) is 5.36. The van der Waals surface area contributed by atoms with Crippen LogP contribution >= 0.6 is 0 Å². The number of urea groups is 1. The van der Waals surface area contributed by atoms with Crippen LogP contribution in [0.25, 0.3) is 0 Å². The van der Waals surface area contributed by atoms with Crippen LogP contribution in [-0.2, 0) is 17.8 Å². The van der Waals surface area contributed by atoms with Gasteiger partial charge in [0.15, 0.2) is 11.5 Å². The van der Waals surface area contributed by atoms with Crippen LogP contribution in [0, 0.1) is 0 Å². The molecule has 0 fully saturated rings. The highest BCUT2D eigenvalue weighted by molar-refractivity contribution is 5.87. The summed E-state index contributed by atoms with van der Waals surface area (Å²) in [6, 6.07) is 10.1. The molecule has 2 rings (SSSR count). The molecule has 0 spiro atoms. The van der Waals surface area contributed by atoms with Crippen LogP contribution < -0.4 is 30.6 Å². The molecule has 28 heavy (non-hydrogen) atoms. The Kier molecular flexibility index (Phi) is 7.50. The summed E-state index contributed by atoms with van der Waals surface area (Å²) in [7, 11) is 4.65. The molecule has 0 heterocycles. The van der Waals surface area contributed by atoms with Gasteiger partial charge in [-0.05, 0) is 41.8 Å². The van der Waals surface area contributed by atoms with Gasteiger partial charge in [-0.3, -0.25) is 4.79 Å². The molecule has 150 valence electrons. The SMILES string of the molecule is COc1cc(CCC(=O)NCc2ccc(NC(N)=O)cc2)cc(OC)c1OC. The molecular weight excluding hydrogens is 362 g/mol. The van der Waals surface area contributed by atoms with Crippen molar-refractivity contribution in [2.45, 2.75) is 19.4 Å². The molecule has 0 unspecified atom stereocenters. The van der Waals surface area contributed by atoms with Gasteiger partial charge in [-0.15, -0.1) is 0 Å². The normalized spacial score (nSPS) is 10.1. The van der Waals surface area contributed by atoms with E-state index in [0.29, 0.717) is 42.3 Å². The number of anilines is 1. The number of methoxy groups -OCH3 is 3. The number of benzene rings is 2. The monoisotopic (exact) mass is 387 g/mol.